The van der Waals surface area contributed by atoms with Crippen molar-refractivity contribution in [2.45, 2.75) is 45.4 Å². The van der Waals surface area contributed by atoms with Gasteiger partial charge in [-0.15, -0.1) is 0 Å². The summed E-state index contributed by atoms with van der Waals surface area (Å²) in [5.74, 6) is 0.695. The number of carbonyl (C=O) groups is 2. The summed E-state index contributed by atoms with van der Waals surface area (Å²) in [6.07, 6.45) is 7.71. The molecule has 0 aromatic carbocycles. The van der Waals surface area contributed by atoms with E-state index < -0.39 is 11.8 Å². The highest BCUT2D eigenvalue weighted by Gasteiger charge is 2.52. The fourth-order valence-corrected chi connectivity index (χ4v) is 4.86. The Hall–Kier alpha value is -1.39. The Morgan fingerprint density at radius 1 is 1.11 bits per heavy atom. The lowest BCUT2D eigenvalue weighted by molar-refractivity contribution is -0.137. The highest BCUT2D eigenvalue weighted by Crippen LogP contribution is 2.60. The zero-order chi connectivity index (χ0) is 13.6. The number of nitrogens with one attached hydrogen (secondary N) is 1. The summed E-state index contributed by atoms with van der Waals surface area (Å²) in [7, 11) is 0. The molecule has 2 amide bonds. The Balaban J connectivity index is 1.75. The number of hydrazone groups is 1. The topological polar surface area (TPSA) is 84.6 Å². The largest absolute Gasteiger partial charge is 0.361 e. The minimum Gasteiger partial charge on any atom is -0.361 e. The Kier molecular flexibility index (Phi) is 2.87. The molecule has 0 aromatic heterocycles. The van der Waals surface area contributed by atoms with Gasteiger partial charge in [-0.1, -0.05) is 0 Å². The van der Waals surface area contributed by atoms with E-state index in [1.165, 1.54) is 38.5 Å². The monoisotopic (exact) mass is 263 g/mol. The van der Waals surface area contributed by atoms with E-state index in [9.17, 15) is 9.59 Å². The predicted octanol–water partition coefficient (Wildman–Crippen LogP) is 1.18. The van der Waals surface area contributed by atoms with E-state index in [1.807, 2.05) is 6.92 Å². The van der Waals surface area contributed by atoms with Gasteiger partial charge in [-0.3, -0.25) is 9.59 Å². The fourth-order valence-electron chi connectivity index (χ4n) is 4.86. The molecule has 0 radical (unpaired) electrons. The lowest BCUT2D eigenvalue weighted by Gasteiger charge is -2.56. The van der Waals surface area contributed by atoms with Gasteiger partial charge in [0, 0.05) is 11.1 Å². The van der Waals surface area contributed by atoms with E-state index >= 15 is 0 Å². The van der Waals surface area contributed by atoms with Crippen LogP contribution in [0, 0.1) is 23.2 Å². The first-order valence-corrected chi connectivity index (χ1v) is 7.13. The van der Waals surface area contributed by atoms with Gasteiger partial charge in [-0.25, -0.2) is 5.43 Å². The van der Waals surface area contributed by atoms with Gasteiger partial charge in [0.2, 0.25) is 0 Å². The zero-order valence-corrected chi connectivity index (χ0v) is 11.3. The third-order valence-electron chi connectivity index (χ3n) is 5.35. The van der Waals surface area contributed by atoms with Crippen molar-refractivity contribution in [2.75, 3.05) is 0 Å². The van der Waals surface area contributed by atoms with Crippen LogP contribution < -0.4 is 11.2 Å². The minimum absolute atomic E-state index is 0.166. The van der Waals surface area contributed by atoms with E-state index in [0.29, 0.717) is 0 Å². The molecule has 5 nitrogen and oxygen atoms in total. The van der Waals surface area contributed by atoms with Crippen molar-refractivity contribution >= 4 is 17.5 Å². The summed E-state index contributed by atoms with van der Waals surface area (Å²) < 4.78 is 0. The molecular formula is C14H21N3O2. The van der Waals surface area contributed by atoms with Gasteiger partial charge < -0.3 is 5.73 Å². The molecule has 0 aliphatic heterocycles. The number of rotatable bonds is 2. The summed E-state index contributed by atoms with van der Waals surface area (Å²) >= 11 is 0. The van der Waals surface area contributed by atoms with Gasteiger partial charge in [0.25, 0.3) is 0 Å². The van der Waals surface area contributed by atoms with Crippen molar-refractivity contribution in [3.8, 4) is 0 Å². The molecule has 0 atom stereocenters. The first-order valence-electron chi connectivity index (χ1n) is 7.13. The van der Waals surface area contributed by atoms with Crippen LogP contribution in [-0.4, -0.2) is 17.5 Å². The average molecular weight is 263 g/mol. The minimum atomic E-state index is -0.984. The number of hydrogen-bond donors (Lipinski definition) is 2. The van der Waals surface area contributed by atoms with Gasteiger partial charge in [-0.2, -0.15) is 5.10 Å². The first kappa shape index (κ1) is 12.6. The van der Waals surface area contributed by atoms with Crippen LogP contribution in [0.4, 0.5) is 0 Å². The molecule has 3 N–H and O–H groups in total. The van der Waals surface area contributed by atoms with Gasteiger partial charge in [-0.05, 0) is 63.2 Å². The standard InChI is InChI=1S/C14H21N3O2/c1-8(16-17-13(19)12(15)18)14-5-9-2-10(6-14)4-11(3-9)7-14/h9-11H,2-7H2,1H3,(H2,15,18)(H,17,19)/b16-8+. The molecule has 4 aliphatic carbocycles. The van der Waals surface area contributed by atoms with Crippen molar-refractivity contribution in [1.29, 1.82) is 0 Å². The maximum atomic E-state index is 11.2. The molecule has 0 saturated heterocycles. The van der Waals surface area contributed by atoms with Gasteiger partial charge in [0.05, 0.1) is 0 Å². The second kappa shape index (κ2) is 4.32. The van der Waals surface area contributed by atoms with Crippen molar-refractivity contribution in [1.82, 2.24) is 5.43 Å². The highest BCUT2D eigenvalue weighted by atomic mass is 16.2. The first-order chi connectivity index (χ1) is 8.98. The molecule has 0 aromatic rings. The lowest BCUT2D eigenvalue weighted by atomic mass is 9.48. The third-order valence-corrected chi connectivity index (χ3v) is 5.35. The highest BCUT2D eigenvalue weighted by molar-refractivity contribution is 6.34. The summed E-state index contributed by atoms with van der Waals surface area (Å²) in [4.78, 5) is 21.9. The van der Waals surface area contributed by atoms with Crippen LogP contribution in [0.5, 0.6) is 0 Å². The zero-order valence-electron chi connectivity index (χ0n) is 11.3. The molecule has 4 saturated carbocycles. The van der Waals surface area contributed by atoms with Crippen LogP contribution in [0.25, 0.3) is 0 Å². The number of primary amides is 1. The average Bonchev–Trinajstić information content (AvgIpc) is 2.33. The SMILES string of the molecule is C/C(=N\NC(=O)C(N)=O)C12CC3CC(CC(C3)C1)C2. The lowest BCUT2D eigenvalue weighted by Crippen LogP contribution is -2.50. The van der Waals surface area contributed by atoms with Crippen LogP contribution in [0.2, 0.25) is 0 Å². The molecule has 4 bridgehead atoms. The van der Waals surface area contributed by atoms with E-state index in [1.54, 1.807) is 0 Å². The molecular weight excluding hydrogens is 242 g/mol. The van der Waals surface area contributed by atoms with E-state index in [2.05, 4.69) is 10.5 Å². The number of hydrogen-bond acceptors (Lipinski definition) is 3. The molecule has 0 unspecified atom stereocenters. The summed E-state index contributed by atoms with van der Waals surface area (Å²) in [6.45, 7) is 1.98. The third kappa shape index (κ3) is 2.15. The molecule has 0 heterocycles. The number of nitrogens with zero attached hydrogens (tertiary/aromatic N) is 1. The molecule has 104 valence electrons. The van der Waals surface area contributed by atoms with Crippen molar-refractivity contribution in [3.05, 3.63) is 0 Å². The van der Waals surface area contributed by atoms with Gasteiger partial charge >= 0.3 is 11.8 Å². The van der Waals surface area contributed by atoms with Crippen LogP contribution in [-0.2, 0) is 9.59 Å². The van der Waals surface area contributed by atoms with Gasteiger partial charge in [0.15, 0.2) is 0 Å². The summed E-state index contributed by atoms with van der Waals surface area (Å²) in [6, 6.07) is 0. The smallest absolute Gasteiger partial charge is 0.329 e. The predicted molar refractivity (Wildman–Crippen MR) is 71.1 cm³/mol. The van der Waals surface area contributed by atoms with E-state index in [-0.39, 0.29) is 5.41 Å². The van der Waals surface area contributed by atoms with Crippen LogP contribution in [0.1, 0.15) is 45.4 Å². The van der Waals surface area contributed by atoms with E-state index in [0.717, 1.165) is 23.5 Å². The Morgan fingerprint density at radius 3 is 2.00 bits per heavy atom. The normalized spacial score (nSPS) is 40.3. The Labute approximate surface area is 113 Å². The Bertz CT molecular complexity index is 420. The Morgan fingerprint density at radius 2 is 1.58 bits per heavy atom. The molecule has 5 heteroatoms. The second-order valence-electron chi connectivity index (χ2n) is 6.70. The van der Waals surface area contributed by atoms with Crippen LogP contribution >= 0.6 is 0 Å². The van der Waals surface area contributed by atoms with Crippen LogP contribution in [0.3, 0.4) is 0 Å². The number of amides is 2. The molecule has 4 rings (SSSR count). The fraction of sp³-hybridized carbons (Fsp3) is 0.786. The van der Waals surface area contributed by atoms with E-state index in [4.69, 9.17) is 5.73 Å². The number of carbonyl (C=O) groups excluding carboxylic acids is 2. The second-order valence-corrected chi connectivity index (χ2v) is 6.70. The summed E-state index contributed by atoms with van der Waals surface area (Å²) in [5.41, 5.74) is 8.33. The quantitative estimate of drug-likeness (QED) is 0.445. The van der Waals surface area contributed by atoms with Crippen molar-refractivity contribution in [3.63, 3.8) is 0 Å². The maximum Gasteiger partial charge on any atom is 0.329 e. The molecule has 0 spiro atoms. The van der Waals surface area contributed by atoms with Gasteiger partial charge in [0.1, 0.15) is 0 Å². The summed E-state index contributed by atoms with van der Waals surface area (Å²) in [5, 5.41) is 4.15. The van der Waals surface area contributed by atoms with Crippen molar-refractivity contribution < 1.29 is 9.59 Å². The molecule has 4 fully saturated rings. The maximum absolute atomic E-state index is 11.2. The van der Waals surface area contributed by atoms with Crippen LogP contribution in [0.15, 0.2) is 5.10 Å². The molecule has 4 aliphatic rings. The number of nitrogens with two attached hydrogens (primary N) is 1. The molecule has 19 heavy (non-hydrogen) atoms. The van der Waals surface area contributed by atoms with Crippen molar-refractivity contribution in [2.24, 2.45) is 34.0 Å².